The maximum atomic E-state index is 13.7. The lowest BCUT2D eigenvalue weighted by atomic mass is 9.96. The molecule has 8 heteroatoms. The van der Waals surface area contributed by atoms with Gasteiger partial charge in [0.1, 0.15) is 12.4 Å². The SMILES string of the molecule is CCOC(=O)C1=C(C)N=c2s/c(=C/c3ccc(OCc4ccccc4C#N)cc3)c(=O)n2[C@H]1c1ccccc1. The number of carbonyl (C=O) groups is 1. The highest BCUT2D eigenvalue weighted by Gasteiger charge is 2.33. The molecule has 7 nitrogen and oxygen atoms in total. The number of esters is 1. The first-order valence-electron chi connectivity index (χ1n) is 12.5. The number of fused-ring (bicyclic) bond motifs is 1. The smallest absolute Gasteiger partial charge is 0.338 e. The van der Waals surface area contributed by atoms with Crippen LogP contribution in [0.15, 0.2) is 99.9 Å². The molecule has 1 aliphatic rings. The van der Waals surface area contributed by atoms with Gasteiger partial charge in [-0.2, -0.15) is 5.26 Å². The predicted octanol–water partition coefficient (Wildman–Crippen LogP) is 4.25. The van der Waals surface area contributed by atoms with Gasteiger partial charge in [0.15, 0.2) is 4.80 Å². The van der Waals surface area contributed by atoms with Crippen molar-refractivity contribution >= 4 is 23.4 Å². The van der Waals surface area contributed by atoms with Crippen molar-refractivity contribution < 1.29 is 14.3 Å². The third kappa shape index (κ3) is 5.31. The largest absolute Gasteiger partial charge is 0.489 e. The van der Waals surface area contributed by atoms with E-state index in [1.807, 2.05) is 78.9 Å². The minimum atomic E-state index is -0.629. The van der Waals surface area contributed by atoms with E-state index in [1.165, 1.54) is 11.3 Å². The topological polar surface area (TPSA) is 93.7 Å². The number of allylic oxidation sites excluding steroid dienone is 1. The highest BCUT2D eigenvalue weighted by molar-refractivity contribution is 7.07. The molecule has 1 atom stereocenters. The maximum absolute atomic E-state index is 13.7. The van der Waals surface area contributed by atoms with E-state index in [9.17, 15) is 14.9 Å². The Hall–Kier alpha value is -4.74. The summed E-state index contributed by atoms with van der Waals surface area (Å²) in [7, 11) is 0. The quantitative estimate of drug-likeness (QED) is 0.330. The molecule has 0 bridgehead atoms. The zero-order chi connectivity index (χ0) is 27.4. The van der Waals surface area contributed by atoms with Crippen LogP contribution >= 0.6 is 11.3 Å². The maximum Gasteiger partial charge on any atom is 0.338 e. The molecule has 0 unspecified atom stereocenters. The van der Waals surface area contributed by atoms with Crippen LogP contribution in [-0.4, -0.2) is 17.1 Å². The molecule has 0 spiro atoms. The standard InChI is InChI=1S/C31H25N3O4S/c1-3-37-30(36)27-20(2)33-31-34(28(27)22-9-5-4-6-10-22)29(35)26(39-31)17-21-13-15-25(16-14-21)38-19-24-12-8-7-11-23(24)18-32/h4-17,28H,3,19H2,1-2H3/b26-17+/t28-/m0/s1. The van der Waals surface area contributed by atoms with Crippen molar-refractivity contribution in [2.75, 3.05) is 6.61 Å². The number of carbonyl (C=O) groups excluding carboxylic acids is 1. The van der Waals surface area contributed by atoms with Gasteiger partial charge in [-0.3, -0.25) is 9.36 Å². The van der Waals surface area contributed by atoms with Crippen LogP contribution in [0.2, 0.25) is 0 Å². The van der Waals surface area contributed by atoms with Gasteiger partial charge in [0, 0.05) is 5.56 Å². The second-order valence-corrected chi connectivity index (χ2v) is 9.85. The van der Waals surface area contributed by atoms with E-state index in [-0.39, 0.29) is 18.8 Å². The Bertz CT molecular complexity index is 1780. The minimum Gasteiger partial charge on any atom is -0.489 e. The highest BCUT2D eigenvalue weighted by Crippen LogP contribution is 2.30. The van der Waals surface area contributed by atoms with Crippen molar-refractivity contribution in [1.82, 2.24) is 4.57 Å². The third-order valence-corrected chi connectivity index (χ3v) is 7.33. The average molecular weight is 536 g/mol. The molecule has 0 radical (unpaired) electrons. The van der Waals surface area contributed by atoms with E-state index >= 15 is 0 Å². The minimum absolute atomic E-state index is 0.227. The first kappa shape index (κ1) is 25.9. The number of benzene rings is 3. The molecular formula is C31H25N3O4S. The van der Waals surface area contributed by atoms with Crippen molar-refractivity contribution in [2.45, 2.75) is 26.5 Å². The fourth-order valence-corrected chi connectivity index (χ4v) is 5.52. The van der Waals surface area contributed by atoms with Crippen LogP contribution in [0.1, 0.15) is 42.1 Å². The molecule has 0 aliphatic carbocycles. The number of nitrogens with zero attached hydrogens (tertiary/aromatic N) is 3. The lowest BCUT2D eigenvalue weighted by Gasteiger charge is -2.24. The number of aromatic nitrogens is 1. The molecule has 3 aromatic carbocycles. The first-order valence-corrected chi connectivity index (χ1v) is 13.3. The molecule has 0 fully saturated rings. The normalized spacial score (nSPS) is 14.8. The van der Waals surface area contributed by atoms with E-state index in [1.54, 1.807) is 24.5 Å². The summed E-state index contributed by atoms with van der Waals surface area (Å²) in [6.07, 6.45) is 1.81. The zero-order valence-electron chi connectivity index (χ0n) is 21.5. The molecule has 0 N–H and O–H groups in total. The number of nitriles is 1. The fraction of sp³-hybridized carbons (Fsp3) is 0.161. The van der Waals surface area contributed by atoms with Crippen molar-refractivity contribution in [1.29, 1.82) is 5.26 Å². The Balaban J connectivity index is 1.48. The van der Waals surface area contributed by atoms with Gasteiger partial charge in [-0.25, -0.2) is 9.79 Å². The van der Waals surface area contributed by atoms with E-state index in [2.05, 4.69) is 11.1 Å². The Kier molecular flexibility index (Phi) is 7.53. The number of rotatable bonds is 7. The molecular weight excluding hydrogens is 510 g/mol. The van der Waals surface area contributed by atoms with Crippen LogP contribution in [0.5, 0.6) is 5.75 Å². The van der Waals surface area contributed by atoms with E-state index in [0.717, 1.165) is 16.7 Å². The van der Waals surface area contributed by atoms with Gasteiger partial charge < -0.3 is 9.47 Å². The van der Waals surface area contributed by atoms with Gasteiger partial charge in [-0.1, -0.05) is 72.0 Å². The molecule has 2 heterocycles. The summed E-state index contributed by atoms with van der Waals surface area (Å²) in [6.45, 7) is 4.03. The number of ether oxygens (including phenoxy) is 2. The van der Waals surface area contributed by atoms with E-state index in [4.69, 9.17) is 9.47 Å². The van der Waals surface area contributed by atoms with Gasteiger partial charge in [0.2, 0.25) is 0 Å². The summed E-state index contributed by atoms with van der Waals surface area (Å²) in [5.41, 5.74) is 3.70. The van der Waals surface area contributed by atoms with Crippen molar-refractivity contribution in [3.63, 3.8) is 0 Å². The van der Waals surface area contributed by atoms with Crippen LogP contribution in [0.25, 0.3) is 6.08 Å². The second kappa shape index (κ2) is 11.3. The summed E-state index contributed by atoms with van der Waals surface area (Å²) in [6, 6.07) is 25.7. The highest BCUT2D eigenvalue weighted by atomic mass is 32.1. The van der Waals surface area contributed by atoms with Crippen molar-refractivity contribution in [3.05, 3.63) is 132 Å². The Morgan fingerprint density at radius 1 is 1.08 bits per heavy atom. The van der Waals surface area contributed by atoms with Crippen molar-refractivity contribution in [3.8, 4) is 11.8 Å². The summed E-state index contributed by atoms with van der Waals surface area (Å²) < 4.78 is 13.3. The molecule has 194 valence electrons. The predicted molar refractivity (Wildman–Crippen MR) is 149 cm³/mol. The lowest BCUT2D eigenvalue weighted by Crippen LogP contribution is -2.39. The monoisotopic (exact) mass is 535 g/mol. The van der Waals surface area contributed by atoms with E-state index in [0.29, 0.717) is 31.9 Å². The summed E-state index contributed by atoms with van der Waals surface area (Å²) in [5.74, 6) is 0.176. The van der Waals surface area contributed by atoms with Crippen molar-refractivity contribution in [2.24, 2.45) is 4.99 Å². The number of hydrogen-bond acceptors (Lipinski definition) is 7. The van der Waals surface area contributed by atoms with Gasteiger partial charge >= 0.3 is 5.97 Å². The molecule has 0 saturated carbocycles. The number of hydrogen-bond donors (Lipinski definition) is 0. The van der Waals surface area contributed by atoms with Crippen LogP contribution in [0.3, 0.4) is 0 Å². The molecule has 39 heavy (non-hydrogen) atoms. The fourth-order valence-electron chi connectivity index (χ4n) is 4.47. The molecule has 5 rings (SSSR count). The van der Waals surface area contributed by atoms with Gasteiger partial charge in [-0.15, -0.1) is 0 Å². The Morgan fingerprint density at radius 2 is 1.79 bits per heavy atom. The second-order valence-electron chi connectivity index (χ2n) is 8.84. The summed E-state index contributed by atoms with van der Waals surface area (Å²) in [4.78, 5) is 31.8. The molecule has 0 amide bonds. The Morgan fingerprint density at radius 3 is 2.51 bits per heavy atom. The third-order valence-electron chi connectivity index (χ3n) is 6.34. The summed E-state index contributed by atoms with van der Waals surface area (Å²) in [5, 5.41) is 9.27. The van der Waals surface area contributed by atoms with Gasteiger partial charge in [-0.05, 0) is 49.2 Å². The van der Waals surface area contributed by atoms with Crippen LogP contribution in [-0.2, 0) is 16.1 Å². The molecule has 4 aromatic rings. The van der Waals surface area contributed by atoms with Gasteiger partial charge in [0.05, 0.1) is 40.1 Å². The van der Waals surface area contributed by atoms with Gasteiger partial charge in [0.25, 0.3) is 5.56 Å². The lowest BCUT2D eigenvalue weighted by molar-refractivity contribution is -0.139. The average Bonchev–Trinajstić information content (AvgIpc) is 3.26. The van der Waals surface area contributed by atoms with E-state index < -0.39 is 12.0 Å². The molecule has 0 saturated heterocycles. The van der Waals surface area contributed by atoms with Crippen LogP contribution in [0, 0.1) is 11.3 Å². The number of thiazole rings is 1. The summed E-state index contributed by atoms with van der Waals surface area (Å²) >= 11 is 1.28. The molecule has 1 aliphatic heterocycles. The molecule has 1 aromatic heterocycles. The van der Waals surface area contributed by atoms with Crippen LogP contribution < -0.4 is 19.6 Å². The van der Waals surface area contributed by atoms with Crippen LogP contribution in [0.4, 0.5) is 0 Å². The zero-order valence-corrected chi connectivity index (χ0v) is 22.3. The first-order chi connectivity index (χ1) is 19.0. The Labute approximate surface area is 229 Å².